The average molecular weight is 727 g/mol. The summed E-state index contributed by atoms with van der Waals surface area (Å²) in [6.07, 6.45) is 4.60. The van der Waals surface area contributed by atoms with Gasteiger partial charge in [-0.05, 0) is 74.5 Å². The average Bonchev–Trinajstić information content (AvgIpc) is 3.50. The zero-order valence-electron chi connectivity index (χ0n) is 27.3. The zero-order valence-corrected chi connectivity index (χ0v) is 28.9. The van der Waals surface area contributed by atoms with Crippen LogP contribution in [0.2, 0.25) is 0 Å². The highest BCUT2D eigenvalue weighted by molar-refractivity contribution is 7.85. The van der Waals surface area contributed by atoms with E-state index in [0.29, 0.717) is 58.1 Å². The summed E-state index contributed by atoms with van der Waals surface area (Å²) in [6.45, 7) is 3.85. The summed E-state index contributed by atoms with van der Waals surface area (Å²) in [4.78, 5) is 17.2. The molecule has 0 aliphatic rings. The Morgan fingerprint density at radius 2 is 1.18 bits per heavy atom. The number of nitrogens with two attached hydrogens (primary N) is 2. The van der Waals surface area contributed by atoms with E-state index in [1.165, 1.54) is 6.07 Å². The molecule has 6 N–H and O–H groups in total. The number of benzene rings is 2. The van der Waals surface area contributed by atoms with Gasteiger partial charge in [-0.15, -0.1) is 0 Å². The van der Waals surface area contributed by atoms with Crippen LogP contribution in [0.25, 0.3) is 22.6 Å². The fourth-order valence-corrected chi connectivity index (χ4v) is 3.96. The highest BCUT2D eigenvalue weighted by Crippen LogP contribution is 2.38. The second-order valence-corrected chi connectivity index (χ2v) is 13.5. The number of aliphatic imine (C=N–C) groups is 2. The molecule has 0 fully saturated rings. The van der Waals surface area contributed by atoms with Crippen molar-refractivity contribution in [3.63, 3.8) is 0 Å². The summed E-state index contributed by atoms with van der Waals surface area (Å²) in [5.74, 6) is 1.41. The minimum Gasteiger partial charge on any atom is -0.490 e. The summed E-state index contributed by atoms with van der Waals surface area (Å²) < 4.78 is 79.0. The molecule has 2 aromatic carbocycles. The Bertz CT molecular complexity index is 2130. The van der Waals surface area contributed by atoms with Crippen molar-refractivity contribution in [3.05, 3.63) is 115 Å². The van der Waals surface area contributed by atoms with E-state index in [4.69, 9.17) is 29.7 Å². The van der Waals surface area contributed by atoms with E-state index < -0.39 is 26.1 Å². The minimum atomic E-state index is -3.67. The van der Waals surface area contributed by atoms with Crippen molar-refractivity contribution in [1.29, 1.82) is 0 Å². The van der Waals surface area contributed by atoms with Crippen molar-refractivity contribution >= 4 is 43.3 Å². The lowest BCUT2D eigenvalue weighted by Gasteiger charge is -2.14. The number of halogens is 1. The molecular formula is C33H35FN6O8S2. The number of hydrogen-bond acceptors (Lipinski definition) is 10. The maximum Gasteiger partial charge on any atom is 0.261 e. The second kappa shape index (κ2) is 17.3. The number of hydrogen-bond donors (Lipinski definition) is 4. The number of ether oxygens (including phenoxy) is 1. The van der Waals surface area contributed by atoms with Crippen molar-refractivity contribution in [3.8, 4) is 28.4 Å². The van der Waals surface area contributed by atoms with Gasteiger partial charge < -0.3 is 20.6 Å². The van der Waals surface area contributed by atoms with Gasteiger partial charge in [-0.3, -0.25) is 19.1 Å². The largest absolute Gasteiger partial charge is 0.490 e. The Balaban J connectivity index is 0.000000595. The van der Waals surface area contributed by atoms with Gasteiger partial charge in [0, 0.05) is 24.5 Å². The van der Waals surface area contributed by atoms with Crippen LogP contribution < -0.4 is 16.2 Å². The molecule has 3 aromatic heterocycles. The smallest absolute Gasteiger partial charge is 0.261 e. The van der Waals surface area contributed by atoms with Crippen LogP contribution in [0.3, 0.4) is 0 Å². The van der Waals surface area contributed by atoms with Crippen LogP contribution in [0.4, 0.5) is 15.8 Å². The summed E-state index contributed by atoms with van der Waals surface area (Å²) in [6, 6.07) is 24.2. The third kappa shape index (κ3) is 13.6. The molecular weight excluding hydrogens is 692 g/mol. The number of pyridine rings is 2. The molecule has 0 saturated carbocycles. The zero-order chi connectivity index (χ0) is 37.1. The topological polar surface area (TPSA) is 234 Å². The van der Waals surface area contributed by atoms with E-state index in [9.17, 15) is 16.8 Å². The lowest BCUT2D eigenvalue weighted by Crippen LogP contribution is -2.14. The van der Waals surface area contributed by atoms with Crippen molar-refractivity contribution in [2.75, 3.05) is 12.5 Å². The van der Waals surface area contributed by atoms with Gasteiger partial charge in [-0.1, -0.05) is 12.1 Å². The van der Waals surface area contributed by atoms with Crippen LogP contribution in [0.5, 0.6) is 5.75 Å². The summed E-state index contributed by atoms with van der Waals surface area (Å²) in [5, 5.41) is 0. The van der Waals surface area contributed by atoms with Crippen molar-refractivity contribution in [2.24, 2.45) is 21.5 Å². The van der Waals surface area contributed by atoms with Crippen LogP contribution in [0.1, 0.15) is 25.2 Å². The van der Waals surface area contributed by atoms with Crippen molar-refractivity contribution in [1.82, 2.24) is 9.97 Å². The molecule has 5 rings (SSSR count). The maximum atomic E-state index is 15.1. The van der Waals surface area contributed by atoms with Crippen LogP contribution in [-0.4, -0.2) is 66.2 Å². The number of rotatable bonds is 8. The van der Waals surface area contributed by atoms with E-state index in [0.717, 1.165) is 0 Å². The van der Waals surface area contributed by atoms with Gasteiger partial charge in [0.1, 0.15) is 46.1 Å². The Hall–Kier alpha value is -5.49. The molecule has 0 bridgehead atoms. The van der Waals surface area contributed by atoms with Gasteiger partial charge in [0.25, 0.3) is 20.2 Å². The fraction of sp³-hybridized carbons (Fsp3) is 0.152. The van der Waals surface area contributed by atoms with Crippen LogP contribution in [0.15, 0.2) is 112 Å². The molecule has 14 nitrogen and oxygen atoms in total. The molecule has 0 amide bonds. The van der Waals surface area contributed by atoms with Gasteiger partial charge in [0.05, 0.1) is 41.1 Å². The molecule has 17 heteroatoms. The van der Waals surface area contributed by atoms with E-state index in [2.05, 4.69) is 20.0 Å². The first-order valence-corrected chi connectivity index (χ1v) is 18.1. The molecule has 5 aromatic rings. The first kappa shape index (κ1) is 39.0. The fourth-order valence-electron chi connectivity index (χ4n) is 3.96. The van der Waals surface area contributed by atoms with Gasteiger partial charge in [0.2, 0.25) is 0 Å². The molecule has 0 aliphatic heterocycles. The Morgan fingerprint density at radius 1 is 0.740 bits per heavy atom. The third-order valence-corrected chi connectivity index (χ3v) is 5.77. The lowest BCUT2D eigenvalue weighted by atomic mass is 10.1. The number of aromatic nitrogens is 2. The summed E-state index contributed by atoms with van der Waals surface area (Å²) >= 11 is 0. The molecule has 0 saturated heterocycles. The highest BCUT2D eigenvalue weighted by Gasteiger charge is 2.16. The van der Waals surface area contributed by atoms with E-state index >= 15 is 4.39 Å². The summed E-state index contributed by atoms with van der Waals surface area (Å²) in [7, 11) is -7.33. The van der Waals surface area contributed by atoms with Gasteiger partial charge in [-0.2, -0.15) is 16.8 Å². The predicted octanol–water partition coefficient (Wildman–Crippen LogP) is 5.41. The normalized spacial score (nSPS) is 12.0. The quantitative estimate of drug-likeness (QED) is 0.0893. The summed E-state index contributed by atoms with van der Waals surface area (Å²) in [5.41, 5.74) is 15.2. The number of nitrogens with zero attached hydrogens (tertiary/aromatic N) is 4. The van der Waals surface area contributed by atoms with Gasteiger partial charge in [-0.25, -0.2) is 14.4 Å². The van der Waals surface area contributed by atoms with E-state index in [-0.39, 0.29) is 23.3 Å². The maximum absolute atomic E-state index is 15.1. The SMILES string of the molecule is CC(C)Oc1cc(N=C(N)c2ccccn2)ccc1-c1ccc(-c2ccc(N=C(N)c3ccccn3)cc2F)o1.CS(=O)(=O)O.CS(=O)(=O)O. The van der Waals surface area contributed by atoms with Crippen molar-refractivity contribution < 1.29 is 39.5 Å². The Labute approximate surface area is 288 Å². The predicted molar refractivity (Wildman–Crippen MR) is 189 cm³/mol. The molecule has 0 atom stereocenters. The molecule has 264 valence electrons. The number of amidine groups is 2. The molecule has 0 radical (unpaired) electrons. The molecule has 0 aliphatic carbocycles. The first-order chi connectivity index (χ1) is 23.4. The second-order valence-electron chi connectivity index (χ2n) is 10.6. The van der Waals surface area contributed by atoms with E-state index in [1.54, 1.807) is 73.1 Å². The molecule has 3 heterocycles. The Kier molecular flexibility index (Phi) is 13.4. The first-order valence-electron chi connectivity index (χ1n) is 14.4. The number of furan rings is 1. The standard InChI is InChI=1S/C31H27FN6O2.2CH4O3S/c1-19(2)39-29-18-21(38-31(34)26-8-4-6-16-36-26)10-12-23(29)28-14-13-27(40-28)22-11-9-20(17-24(22)32)37-30(33)25-7-3-5-15-35-25;2*1-5(2,3)4/h3-19H,1-2H3,(H2,33,37)(H2,34,38);2*1H3,(H,2,3,4). The Morgan fingerprint density at radius 3 is 1.60 bits per heavy atom. The van der Waals surface area contributed by atoms with Crippen LogP contribution in [0, 0.1) is 5.82 Å². The third-order valence-electron chi connectivity index (χ3n) is 5.77. The molecule has 0 unspecified atom stereocenters. The van der Waals surface area contributed by atoms with Crippen molar-refractivity contribution in [2.45, 2.75) is 20.0 Å². The van der Waals surface area contributed by atoms with Crippen LogP contribution >= 0.6 is 0 Å². The van der Waals surface area contributed by atoms with E-state index in [1.807, 2.05) is 32.0 Å². The van der Waals surface area contributed by atoms with Gasteiger partial charge >= 0.3 is 0 Å². The molecule has 50 heavy (non-hydrogen) atoms. The monoisotopic (exact) mass is 726 g/mol. The molecule has 0 spiro atoms. The van der Waals surface area contributed by atoms with Crippen LogP contribution in [-0.2, 0) is 20.2 Å². The lowest BCUT2D eigenvalue weighted by molar-refractivity contribution is 0.243. The minimum absolute atomic E-state index is 0.107. The highest BCUT2D eigenvalue weighted by atomic mass is 32.2. The van der Waals surface area contributed by atoms with Gasteiger partial charge in [0.15, 0.2) is 0 Å².